The predicted molar refractivity (Wildman–Crippen MR) is 119 cm³/mol. The number of carboxylic acid groups (broad SMARTS) is 1. The molecule has 8 heteroatoms. The summed E-state index contributed by atoms with van der Waals surface area (Å²) < 4.78 is 5.56. The van der Waals surface area contributed by atoms with E-state index in [-0.39, 0.29) is 5.56 Å². The minimum absolute atomic E-state index is 0.199. The largest absolute Gasteiger partial charge is 0.494 e. The minimum Gasteiger partial charge on any atom is -0.494 e. The van der Waals surface area contributed by atoms with Gasteiger partial charge in [0.2, 0.25) is 5.95 Å². The maximum atomic E-state index is 11.4. The molecule has 2 heterocycles. The van der Waals surface area contributed by atoms with Gasteiger partial charge in [-0.25, -0.2) is 19.7 Å². The molecule has 2 aromatic heterocycles. The summed E-state index contributed by atoms with van der Waals surface area (Å²) in [6, 6.07) is 12.9. The highest BCUT2D eigenvalue weighted by Crippen LogP contribution is 2.33. The number of ether oxygens (including phenoxy) is 1. The SMILES string of the molecule is CCOc1cccc(Nc2ncc3c(n2)c(NC2CC2)nc2cc(C(=O)O)ccc23)c1. The number of nitrogens with zero attached hydrogens (tertiary/aromatic N) is 3. The Bertz CT molecular complexity index is 1300. The van der Waals surface area contributed by atoms with E-state index in [2.05, 4.69) is 15.6 Å². The van der Waals surface area contributed by atoms with Gasteiger partial charge in [-0.05, 0) is 44.0 Å². The Morgan fingerprint density at radius 2 is 2.03 bits per heavy atom. The average molecular weight is 415 g/mol. The summed E-state index contributed by atoms with van der Waals surface area (Å²) in [4.78, 5) is 25.3. The van der Waals surface area contributed by atoms with Crippen molar-refractivity contribution in [1.82, 2.24) is 15.0 Å². The number of carbonyl (C=O) groups is 1. The second-order valence-corrected chi connectivity index (χ2v) is 7.46. The quantitative estimate of drug-likeness (QED) is 0.376. The Labute approximate surface area is 178 Å². The van der Waals surface area contributed by atoms with Gasteiger partial charge in [-0.15, -0.1) is 0 Å². The first-order valence-corrected chi connectivity index (χ1v) is 10.2. The summed E-state index contributed by atoms with van der Waals surface area (Å²) in [5.41, 5.74) is 2.32. The van der Waals surface area contributed by atoms with Crippen LogP contribution in [0.1, 0.15) is 30.1 Å². The first kappa shape index (κ1) is 19.0. The highest BCUT2D eigenvalue weighted by molar-refractivity contribution is 6.09. The van der Waals surface area contributed by atoms with Crippen LogP contribution in [0.2, 0.25) is 0 Å². The molecular formula is C23H21N5O3. The lowest BCUT2D eigenvalue weighted by Gasteiger charge is -2.13. The fourth-order valence-electron chi connectivity index (χ4n) is 3.46. The van der Waals surface area contributed by atoms with E-state index in [0.29, 0.717) is 35.4 Å². The third-order valence-electron chi connectivity index (χ3n) is 5.10. The van der Waals surface area contributed by atoms with Gasteiger partial charge >= 0.3 is 5.97 Å². The molecule has 0 aliphatic heterocycles. The maximum absolute atomic E-state index is 11.4. The van der Waals surface area contributed by atoms with Gasteiger partial charge in [0.15, 0.2) is 5.82 Å². The van der Waals surface area contributed by atoms with Crippen LogP contribution in [0.15, 0.2) is 48.7 Å². The van der Waals surface area contributed by atoms with Gasteiger partial charge in [-0.1, -0.05) is 12.1 Å². The van der Waals surface area contributed by atoms with Crippen molar-refractivity contribution in [3.63, 3.8) is 0 Å². The van der Waals surface area contributed by atoms with Crippen LogP contribution in [-0.4, -0.2) is 38.7 Å². The second-order valence-electron chi connectivity index (χ2n) is 7.46. The molecule has 1 aliphatic carbocycles. The normalized spacial score (nSPS) is 13.3. The third-order valence-corrected chi connectivity index (χ3v) is 5.10. The number of rotatable bonds is 7. The Balaban J connectivity index is 1.59. The van der Waals surface area contributed by atoms with Crippen LogP contribution in [0.4, 0.5) is 17.5 Å². The van der Waals surface area contributed by atoms with Crippen molar-refractivity contribution >= 4 is 45.2 Å². The first-order chi connectivity index (χ1) is 15.1. The Hall–Kier alpha value is -3.94. The molecule has 0 radical (unpaired) electrons. The molecule has 1 saturated carbocycles. The van der Waals surface area contributed by atoms with E-state index in [1.54, 1.807) is 24.4 Å². The lowest BCUT2D eigenvalue weighted by Crippen LogP contribution is -2.07. The second kappa shape index (κ2) is 7.71. The lowest BCUT2D eigenvalue weighted by molar-refractivity contribution is 0.0697. The molecule has 3 N–H and O–H groups in total. The molecule has 4 aromatic rings. The number of nitrogens with one attached hydrogen (secondary N) is 2. The molecule has 1 fully saturated rings. The van der Waals surface area contributed by atoms with E-state index in [1.165, 1.54) is 0 Å². The zero-order chi connectivity index (χ0) is 21.4. The molecule has 156 valence electrons. The summed E-state index contributed by atoms with van der Waals surface area (Å²) in [6.45, 7) is 2.53. The zero-order valence-electron chi connectivity index (χ0n) is 16.9. The number of pyridine rings is 1. The smallest absolute Gasteiger partial charge is 0.335 e. The predicted octanol–water partition coefficient (Wildman–Crippen LogP) is 4.59. The standard InChI is InChI=1S/C23H21N5O3/c1-2-31-16-5-3-4-15(11-16)26-23-24-12-18-17-9-6-13(22(29)30)10-19(17)27-21(20(18)28-23)25-14-7-8-14/h3-6,9-12,14H,2,7-8H2,1H3,(H,25,27)(H,29,30)(H,24,26,28). The van der Waals surface area contributed by atoms with E-state index in [0.717, 1.165) is 35.1 Å². The van der Waals surface area contributed by atoms with E-state index < -0.39 is 5.97 Å². The van der Waals surface area contributed by atoms with Gasteiger partial charge in [0.05, 0.1) is 17.7 Å². The van der Waals surface area contributed by atoms with E-state index >= 15 is 0 Å². The van der Waals surface area contributed by atoms with Crippen molar-refractivity contribution in [2.75, 3.05) is 17.2 Å². The van der Waals surface area contributed by atoms with E-state index in [9.17, 15) is 9.90 Å². The summed E-state index contributed by atoms with van der Waals surface area (Å²) in [5.74, 6) is 0.876. The van der Waals surface area contributed by atoms with Crippen molar-refractivity contribution < 1.29 is 14.6 Å². The molecule has 31 heavy (non-hydrogen) atoms. The molecule has 0 spiro atoms. The van der Waals surface area contributed by atoms with Crippen LogP contribution in [0.25, 0.3) is 21.8 Å². The van der Waals surface area contributed by atoms with Crippen molar-refractivity contribution in [3.05, 3.63) is 54.2 Å². The number of benzene rings is 2. The van der Waals surface area contributed by atoms with Gasteiger partial charge in [-0.3, -0.25) is 0 Å². The van der Waals surface area contributed by atoms with E-state index in [4.69, 9.17) is 14.7 Å². The van der Waals surface area contributed by atoms with Gasteiger partial charge in [-0.2, -0.15) is 0 Å². The average Bonchev–Trinajstić information content (AvgIpc) is 3.58. The molecule has 5 rings (SSSR count). The fourth-order valence-corrected chi connectivity index (χ4v) is 3.46. The molecule has 0 amide bonds. The van der Waals surface area contributed by atoms with Crippen molar-refractivity contribution in [2.24, 2.45) is 0 Å². The number of anilines is 3. The Morgan fingerprint density at radius 1 is 1.16 bits per heavy atom. The molecule has 0 bridgehead atoms. The lowest BCUT2D eigenvalue weighted by atomic mass is 10.1. The van der Waals surface area contributed by atoms with E-state index in [1.807, 2.05) is 31.2 Å². The maximum Gasteiger partial charge on any atom is 0.335 e. The third kappa shape index (κ3) is 3.92. The number of hydrogen-bond acceptors (Lipinski definition) is 7. The highest BCUT2D eigenvalue weighted by atomic mass is 16.5. The number of fused-ring (bicyclic) bond motifs is 3. The van der Waals surface area contributed by atoms with Crippen LogP contribution in [-0.2, 0) is 0 Å². The number of aromatic nitrogens is 3. The van der Waals surface area contributed by atoms with Gasteiger partial charge in [0, 0.05) is 34.8 Å². The van der Waals surface area contributed by atoms with Crippen LogP contribution in [0.3, 0.4) is 0 Å². The van der Waals surface area contributed by atoms with Gasteiger partial charge < -0.3 is 20.5 Å². The van der Waals surface area contributed by atoms with Crippen molar-refractivity contribution in [2.45, 2.75) is 25.8 Å². The van der Waals surface area contributed by atoms with Crippen molar-refractivity contribution in [3.8, 4) is 5.75 Å². The number of aromatic carboxylic acids is 1. The van der Waals surface area contributed by atoms with Crippen molar-refractivity contribution in [1.29, 1.82) is 0 Å². The number of carboxylic acids is 1. The first-order valence-electron chi connectivity index (χ1n) is 10.2. The molecule has 2 aromatic carbocycles. The zero-order valence-corrected chi connectivity index (χ0v) is 16.9. The molecule has 0 unspecified atom stereocenters. The van der Waals surface area contributed by atoms with Gasteiger partial charge in [0.25, 0.3) is 0 Å². The summed E-state index contributed by atoms with van der Waals surface area (Å²) >= 11 is 0. The molecule has 1 aliphatic rings. The molecular weight excluding hydrogens is 394 g/mol. The Kier molecular flexibility index (Phi) is 4.74. The number of hydrogen-bond donors (Lipinski definition) is 3. The fraction of sp³-hybridized carbons (Fsp3) is 0.217. The van der Waals surface area contributed by atoms with Crippen LogP contribution < -0.4 is 15.4 Å². The summed E-state index contributed by atoms with van der Waals surface area (Å²) in [7, 11) is 0. The summed E-state index contributed by atoms with van der Waals surface area (Å²) in [6.07, 6.45) is 3.91. The topological polar surface area (TPSA) is 109 Å². The highest BCUT2D eigenvalue weighted by Gasteiger charge is 2.23. The summed E-state index contributed by atoms with van der Waals surface area (Å²) in [5, 5.41) is 17.6. The molecule has 0 atom stereocenters. The molecule has 0 saturated heterocycles. The molecule has 8 nitrogen and oxygen atoms in total. The Morgan fingerprint density at radius 3 is 2.81 bits per heavy atom. The monoisotopic (exact) mass is 415 g/mol. The van der Waals surface area contributed by atoms with Crippen LogP contribution >= 0.6 is 0 Å². The van der Waals surface area contributed by atoms with Gasteiger partial charge in [0.1, 0.15) is 11.3 Å². The van der Waals surface area contributed by atoms with Crippen LogP contribution in [0, 0.1) is 0 Å². The van der Waals surface area contributed by atoms with Crippen LogP contribution in [0.5, 0.6) is 5.75 Å². The minimum atomic E-state index is -0.981.